The maximum absolute atomic E-state index is 5.54. The SMILES string of the molecule is CCC(CC)Nc1nc(NCCOCCOCCN)nc(NCCc2ccccc2)n1. The van der Waals surface area contributed by atoms with E-state index < -0.39 is 0 Å². The summed E-state index contributed by atoms with van der Waals surface area (Å²) in [6.45, 7) is 8.32. The lowest BCUT2D eigenvalue weighted by molar-refractivity contribution is 0.0547. The molecule has 0 aliphatic rings. The molecule has 0 atom stereocenters. The fraction of sp³-hybridized carbons (Fsp3) is 0.591. The first kappa shape index (κ1) is 24.8. The van der Waals surface area contributed by atoms with Crippen molar-refractivity contribution in [1.82, 2.24) is 15.0 Å². The van der Waals surface area contributed by atoms with Gasteiger partial charge in [0.1, 0.15) is 0 Å². The number of benzene rings is 1. The van der Waals surface area contributed by atoms with Gasteiger partial charge in [-0.05, 0) is 24.8 Å². The lowest BCUT2D eigenvalue weighted by Crippen LogP contribution is -2.21. The number of nitrogens with two attached hydrogens (primary N) is 1. The zero-order chi connectivity index (χ0) is 22.2. The Morgan fingerprint density at radius 3 is 2.06 bits per heavy atom. The number of anilines is 3. The minimum atomic E-state index is 0.323. The molecular weight excluding hydrogens is 394 g/mol. The molecule has 172 valence electrons. The van der Waals surface area contributed by atoms with Gasteiger partial charge in [0, 0.05) is 25.7 Å². The number of nitrogens with one attached hydrogen (secondary N) is 3. The number of hydrogen-bond donors (Lipinski definition) is 4. The zero-order valence-electron chi connectivity index (χ0n) is 18.8. The van der Waals surface area contributed by atoms with Crippen LogP contribution in [-0.4, -0.2) is 67.1 Å². The Hall–Kier alpha value is -2.49. The second-order valence-electron chi connectivity index (χ2n) is 7.07. The van der Waals surface area contributed by atoms with E-state index in [2.05, 4.69) is 56.9 Å². The van der Waals surface area contributed by atoms with Gasteiger partial charge in [0.2, 0.25) is 17.8 Å². The monoisotopic (exact) mass is 431 g/mol. The van der Waals surface area contributed by atoms with Gasteiger partial charge in [0.25, 0.3) is 0 Å². The van der Waals surface area contributed by atoms with E-state index in [1.807, 2.05) is 18.2 Å². The molecule has 5 N–H and O–H groups in total. The third-order valence-corrected chi connectivity index (χ3v) is 4.66. The number of hydrogen-bond acceptors (Lipinski definition) is 9. The molecule has 0 saturated heterocycles. The molecule has 2 rings (SSSR count). The van der Waals surface area contributed by atoms with Crippen molar-refractivity contribution in [3.8, 4) is 0 Å². The van der Waals surface area contributed by atoms with E-state index in [1.54, 1.807) is 0 Å². The quantitative estimate of drug-likeness (QED) is 0.280. The highest BCUT2D eigenvalue weighted by Crippen LogP contribution is 2.12. The molecule has 0 fully saturated rings. The van der Waals surface area contributed by atoms with Crippen LogP contribution >= 0.6 is 0 Å². The molecule has 1 aromatic carbocycles. The summed E-state index contributed by atoms with van der Waals surface area (Å²) in [6.07, 6.45) is 2.90. The lowest BCUT2D eigenvalue weighted by Gasteiger charge is -2.16. The van der Waals surface area contributed by atoms with Crippen molar-refractivity contribution in [3.05, 3.63) is 35.9 Å². The van der Waals surface area contributed by atoms with E-state index in [9.17, 15) is 0 Å². The molecule has 0 spiro atoms. The molecule has 0 unspecified atom stereocenters. The normalized spacial score (nSPS) is 11.0. The van der Waals surface area contributed by atoms with Gasteiger partial charge in [-0.3, -0.25) is 0 Å². The minimum Gasteiger partial charge on any atom is -0.378 e. The Morgan fingerprint density at radius 1 is 0.806 bits per heavy atom. The van der Waals surface area contributed by atoms with E-state index >= 15 is 0 Å². The predicted octanol–water partition coefficient (Wildman–Crippen LogP) is 2.53. The second-order valence-corrected chi connectivity index (χ2v) is 7.07. The van der Waals surface area contributed by atoms with Crippen molar-refractivity contribution in [3.63, 3.8) is 0 Å². The Bertz CT molecular complexity index is 714. The average molecular weight is 432 g/mol. The van der Waals surface area contributed by atoms with Crippen molar-refractivity contribution in [1.29, 1.82) is 0 Å². The van der Waals surface area contributed by atoms with Gasteiger partial charge in [-0.2, -0.15) is 15.0 Å². The van der Waals surface area contributed by atoms with Gasteiger partial charge in [-0.1, -0.05) is 44.2 Å². The summed E-state index contributed by atoms with van der Waals surface area (Å²) >= 11 is 0. The molecule has 0 amide bonds. The highest BCUT2D eigenvalue weighted by molar-refractivity contribution is 5.42. The van der Waals surface area contributed by atoms with Gasteiger partial charge >= 0.3 is 0 Å². The summed E-state index contributed by atoms with van der Waals surface area (Å²) in [4.78, 5) is 13.6. The van der Waals surface area contributed by atoms with Crippen LogP contribution in [0.2, 0.25) is 0 Å². The van der Waals surface area contributed by atoms with E-state index in [4.69, 9.17) is 15.2 Å². The zero-order valence-corrected chi connectivity index (χ0v) is 18.8. The maximum Gasteiger partial charge on any atom is 0.229 e. The molecule has 0 radical (unpaired) electrons. The number of aromatic nitrogens is 3. The van der Waals surface area contributed by atoms with Crippen molar-refractivity contribution < 1.29 is 9.47 Å². The number of rotatable bonds is 17. The van der Waals surface area contributed by atoms with Crippen molar-refractivity contribution in [2.75, 3.05) is 62.0 Å². The standard InChI is InChI=1S/C22H37N7O2/c1-3-19(4-2)26-22-28-20(24-12-10-18-8-6-5-7-9-18)27-21(29-22)25-13-15-31-17-16-30-14-11-23/h5-9,19H,3-4,10-17,23H2,1-2H3,(H3,24,25,26,27,28,29). The van der Waals surface area contributed by atoms with Crippen LogP contribution in [-0.2, 0) is 15.9 Å². The summed E-state index contributed by atoms with van der Waals surface area (Å²) in [5.74, 6) is 1.65. The lowest BCUT2D eigenvalue weighted by atomic mass is 10.1. The molecule has 1 heterocycles. The minimum absolute atomic E-state index is 0.323. The molecule has 0 aliphatic heterocycles. The molecule has 0 aliphatic carbocycles. The fourth-order valence-electron chi connectivity index (χ4n) is 2.88. The van der Waals surface area contributed by atoms with Crippen LogP contribution < -0.4 is 21.7 Å². The van der Waals surface area contributed by atoms with E-state index in [0.717, 1.165) is 25.8 Å². The van der Waals surface area contributed by atoms with Crippen LogP contribution in [0.25, 0.3) is 0 Å². The van der Waals surface area contributed by atoms with Gasteiger partial charge in [0.05, 0.1) is 26.4 Å². The summed E-state index contributed by atoms with van der Waals surface area (Å²) in [7, 11) is 0. The van der Waals surface area contributed by atoms with Gasteiger partial charge in [0.15, 0.2) is 0 Å². The molecular formula is C22H37N7O2. The fourth-order valence-corrected chi connectivity index (χ4v) is 2.88. The van der Waals surface area contributed by atoms with Crippen molar-refractivity contribution in [2.24, 2.45) is 5.73 Å². The number of nitrogens with zero attached hydrogens (tertiary/aromatic N) is 3. The first-order valence-corrected chi connectivity index (χ1v) is 11.1. The van der Waals surface area contributed by atoms with Crippen LogP contribution in [0.1, 0.15) is 32.3 Å². The summed E-state index contributed by atoms with van der Waals surface area (Å²) in [5.41, 5.74) is 6.65. The molecule has 9 heteroatoms. The number of ether oxygens (including phenoxy) is 2. The van der Waals surface area contributed by atoms with Crippen LogP contribution in [0.3, 0.4) is 0 Å². The van der Waals surface area contributed by atoms with Crippen molar-refractivity contribution in [2.45, 2.75) is 39.2 Å². The topological polar surface area (TPSA) is 119 Å². The van der Waals surface area contributed by atoms with Crippen LogP contribution in [0.5, 0.6) is 0 Å². The third-order valence-electron chi connectivity index (χ3n) is 4.66. The highest BCUT2D eigenvalue weighted by atomic mass is 16.5. The summed E-state index contributed by atoms with van der Waals surface area (Å²) in [6, 6.07) is 10.7. The second kappa shape index (κ2) is 15.3. The Labute approximate surface area is 185 Å². The van der Waals surface area contributed by atoms with Crippen LogP contribution in [0.4, 0.5) is 17.8 Å². The molecule has 31 heavy (non-hydrogen) atoms. The highest BCUT2D eigenvalue weighted by Gasteiger charge is 2.10. The van der Waals surface area contributed by atoms with Crippen LogP contribution in [0.15, 0.2) is 30.3 Å². The molecule has 0 bridgehead atoms. The van der Waals surface area contributed by atoms with E-state index in [0.29, 0.717) is 63.4 Å². The smallest absolute Gasteiger partial charge is 0.229 e. The van der Waals surface area contributed by atoms with Crippen LogP contribution in [0, 0.1) is 0 Å². The molecule has 2 aromatic rings. The van der Waals surface area contributed by atoms with Gasteiger partial charge in [-0.15, -0.1) is 0 Å². The first-order valence-electron chi connectivity index (χ1n) is 11.1. The average Bonchev–Trinajstić information content (AvgIpc) is 2.80. The first-order chi connectivity index (χ1) is 15.2. The maximum atomic E-state index is 5.54. The summed E-state index contributed by atoms with van der Waals surface area (Å²) in [5, 5.41) is 9.93. The third kappa shape index (κ3) is 10.4. The van der Waals surface area contributed by atoms with Gasteiger partial charge in [-0.25, -0.2) is 0 Å². The van der Waals surface area contributed by atoms with E-state index in [-0.39, 0.29) is 0 Å². The molecule has 1 aromatic heterocycles. The molecule has 9 nitrogen and oxygen atoms in total. The largest absolute Gasteiger partial charge is 0.378 e. The van der Waals surface area contributed by atoms with E-state index in [1.165, 1.54) is 5.56 Å². The predicted molar refractivity (Wildman–Crippen MR) is 126 cm³/mol. The van der Waals surface area contributed by atoms with Crippen molar-refractivity contribution >= 4 is 17.8 Å². The Balaban J connectivity index is 1.88. The summed E-state index contributed by atoms with van der Waals surface area (Å²) < 4.78 is 10.8. The Kier molecular flexibility index (Phi) is 12.3. The molecule has 0 saturated carbocycles. The van der Waals surface area contributed by atoms with Gasteiger partial charge < -0.3 is 31.2 Å². The Morgan fingerprint density at radius 2 is 1.42 bits per heavy atom.